The molecule has 2 N–H and O–H groups in total. The lowest BCUT2D eigenvalue weighted by Crippen LogP contribution is -2.16. The average molecular weight is 403 g/mol. The van der Waals surface area contributed by atoms with Gasteiger partial charge in [0.25, 0.3) is 5.91 Å². The largest absolute Gasteiger partial charge is 0.497 e. The number of fused-ring (bicyclic) bond motifs is 1. The number of rotatable bonds is 5. The number of nitrogens with two attached hydrogens (primary N) is 1. The summed E-state index contributed by atoms with van der Waals surface area (Å²) in [6, 6.07) is 11.2. The quantitative estimate of drug-likeness (QED) is 0.660. The summed E-state index contributed by atoms with van der Waals surface area (Å²) in [6.07, 6.45) is 1.68. The number of amides is 1. The second kappa shape index (κ2) is 7.47. The second-order valence-corrected chi connectivity index (χ2v) is 8.17. The molecule has 140 valence electrons. The zero-order chi connectivity index (χ0) is 19.6. The predicted octanol–water partition coefficient (Wildman–Crippen LogP) is 2.29. The molecule has 7 nitrogen and oxygen atoms in total. The van der Waals surface area contributed by atoms with Crippen molar-refractivity contribution in [2.75, 3.05) is 7.11 Å². The third kappa shape index (κ3) is 4.00. The summed E-state index contributed by atoms with van der Waals surface area (Å²) in [4.78, 5) is 17.2. The van der Waals surface area contributed by atoms with Gasteiger partial charge in [0.1, 0.15) is 5.75 Å². The monoisotopic (exact) mass is 403 g/mol. The van der Waals surface area contributed by atoms with Gasteiger partial charge in [-0.25, -0.2) is 13.6 Å². The smallest absolute Gasteiger partial charge is 0.279 e. The molecule has 27 heavy (non-hydrogen) atoms. The maximum Gasteiger partial charge on any atom is 0.279 e. The molecule has 1 aromatic heterocycles. The summed E-state index contributed by atoms with van der Waals surface area (Å²) >= 11 is 1.21. The summed E-state index contributed by atoms with van der Waals surface area (Å²) in [6.45, 7) is 4.14. The number of allylic oxidation sites excluding steroid dienone is 1. The minimum atomic E-state index is -3.81. The molecular formula is C18H17N3O4S2. The van der Waals surface area contributed by atoms with Crippen molar-refractivity contribution < 1.29 is 17.9 Å². The molecule has 0 aliphatic carbocycles. The average Bonchev–Trinajstić information content (AvgIpc) is 2.98. The van der Waals surface area contributed by atoms with Crippen LogP contribution in [0.5, 0.6) is 5.75 Å². The van der Waals surface area contributed by atoms with Gasteiger partial charge in [-0.15, -0.1) is 6.58 Å². The molecule has 0 fully saturated rings. The number of sulfonamides is 1. The van der Waals surface area contributed by atoms with Gasteiger partial charge < -0.3 is 9.30 Å². The van der Waals surface area contributed by atoms with Gasteiger partial charge >= 0.3 is 0 Å². The van der Waals surface area contributed by atoms with Gasteiger partial charge in [-0.1, -0.05) is 17.4 Å². The van der Waals surface area contributed by atoms with E-state index in [1.807, 2.05) is 0 Å². The van der Waals surface area contributed by atoms with E-state index in [-0.39, 0.29) is 4.90 Å². The van der Waals surface area contributed by atoms with Gasteiger partial charge in [0.15, 0.2) is 4.80 Å². The first kappa shape index (κ1) is 19.0. The highest BCUT2D eigenvalue weighted by Crippen LogP contribution is 2.21. The number of thiazole rings is 1. The summed E-state index contributed by atoms with van der Waals surface area (Å²) in [5.74, 6) is 0.236. The number of methoxy groups -OCH3 is 1. The second-order valence-electron chi connectivity index (χ2n) is 5.60. The molecule has 2 aromatic carbocycles. The van der Waals surface area contributed by atoms with Crippen molar-refractivity contribution in [2.45, 2.75) is 11.4 Å². The van der Waals surface area contributed by atoms with Crippen LogP contribution in [0.2, 0.25) is 0 Å². The van der Waals surface area contributed by atoms with Crippen molar-refractivity contribution in [1.29, 1.82) is 0 Å². The molecule has 0 aliphatic heterocycles. The fourth-order valence-electron chi connectivity index (χ4n) is 2.51. The number of primary sulfonamides is 1. The van der Waals surface area contributed by atoms with E-state index in [1.54, 1.807) is 48.1 Å². The Morgan fingerprint density at radius 1 is 1.30 bits per heavy atom. The van der Waals surface area contributed by atoms with E-state index in [4.69, 9.17) is 9.88 Å². The van der Waals surface area contributed by atoms with Crippen LogP contribution in [0, 0.1) is 0 Å². The van der Waals surface area contributed by atoms with Crippen LogP contribution in [-0.4, -0.2) is 26.0 Å². The van der Waals surface area contributed by atoms with Crippen LogP contribution in [0.3, 0.4) is 0 Å². The van der Waals surface area contributed by atoms with Crippen molar-refractivity contribution in [3.8, 4) is 5.75 Å². The fraction of sp³-hybridized carbons (Fsp3) is 0.111. The van der Waals surface area contributed by atoms with Gasteiger partial charge in [0.2, 0.25) is 10.0 Å². The number of aromatic nitrogens is 1. The lowest BCUT2D eigenvalue weighted by molar-refractivity contribution is 0.0998. The first-order valence-electron chi connectivity index (χ1n) is 7.83. The molecule has 0 saturated carbocycles. The molecule has 3 rings (SSSR count). The van der Waals surface area contributed by atoms with E-state index in [0.717, 1.165) is 5.52 Å². The number of carbonyl (C=O) groups is 1. The van der Waals surface area contributed by atoms with E-state index in [9.17, 15) is 13.2 Å². The van der Waals surface area contributed by atoms with Crippen LogP contribution >= 0.6 is 11.3 Å². The highest BCUT2D eigenvalue weighted by molar-refractivity contribution is 7.89. The molecule has 0 aliphatic rings. The van der Waals surface area contributed by atoms with Crippen LogP contribution in [0.25, 0.3) is 10.2 Å². The lowest BCUT2D eigenvalue weighted by Gasteiger charge is -2.02. The van der Waals surface area contributed by atoms with Crippen molar-refractivity contribution in [3.63, 3.8) is 0 Å². The van der Waals surface area contributed by atoms with Gasteiger partial charge in [-0.05, 0) is 42.5 Å². The first-order valence-corrected chi connectivity index (χ1v) is 10.2. The Kier molecular flexibility index (Phi) is 5.26. The number of hydrogen-bond donors (Lipinski definition) is 1. The molecule has 0 spiro atoms. The summed E-state index contributed by atoms with van der Waals surface area (Å²) in [5, 5.41) is 5.20. The summed E-state index contributed by atoms with van der Waals surface area (Å²) in [7, 11) is -2.27. The molecule has 1 heterocycles. The fourth-order valence-corrected chi connectivity index (χ4v) is 4.20. The van der Waals surface area contributed by atoms with Gasteiger partial charge in [0.05, 0.1) is 22.2 Å². The highest BCUT2D eigenvalue weighted by atomic mass is 32.2. The zero-order valence-corrected chi connectivity index (χ0v) is 16.1. The van der Waals surface area contributed by atoms with E-state index in [1.165, 1.54) is 23.5 Å². The van der Waals surface area contributed by atoms with Crippen molar-refractivity contribution in [2.24, 2.45) is 10.1 Å². The molecule has 0 saturated heterocycles. The number of ether oxygens (including phenoxy) is 1. The molecule has 0 radical (unpaired) electrons. The van der Waals surface area contributed by atoms with Crippen LogP contribution in [0.4, 0.5) is 0 Å². The molecule has 0 unspecified atom stereocenters. The standard InChI is InChI=1S/C18H17N3O4S2/c1-3-10-21-15-9-8-14(27(19,23)24)11-16(15)26-18(21)20-17(22)12-4-6-13(25-2)7-5-12/h3-9,11H,1,10H2,2H3,(H2,19,23,24). The van der Waals surface area contributed by atoms with Gasteiger partial charge in [-0.3, -0.25) is 4.79 Å². The summed E-state index contributed by atoms with van der Waals surface area (Å²) < 4.78 is 30.7. The SMILES string of the molecule is C=CCn1c(=NC(=O)c2ccc(OC)cc2)sc2cc(S(N)(=O)=O)ccc21. The van der Waals surface area contributed by atoms with Crippen molar-refractivity contribution in [1.82, 2.24) is 4.57 Å². The Morgan fingerprint density at radius 2 is 2.00 bits per heavy atom. The predicted molar refractivity (Wildman–Crippen MR) is 104 cm³/mol. The Morgan fingerprint density at radius 3 is 2.59 bits per heavy atom. The Balaban J connectivity index is 2.13. The molecule has 3 aromatic rings. The minimum Gasteiger partial charge on any atom is -0.497 e. The number of carbonyl (C=O) groups excluding carboxylic acids is 1. The Bertz CT molecular complexity index is 1190. The Hall–Kier alpha value is -2.75. The third-order valence-electron chi connectivity index (χ3n) is 3.83. The molecular weight excluding hydrogens is 386 g/mol. The van der Waals surface area contributed by atoms with Crippen LogP contribution in [0.1, 0.15) is 10.4 Å². The minimum absolute atomic E-state index is 0.00929. The van der Waals surface area contributed by atoms with E-state index < -0.39 is 15.9 Å². The number of hydrogen-bond acceptors (Lipinski definition) is 5. The molecule has 0 bridgehead atoms. The topological polar surface area (TPSA) is 104 Å². The number of benzene rings is 2. The van der Waals surface area contributed by atoms with Gasteiger partial charge in [-0.2, -0.15) is 4.99 Å². The summed E-state index contributed by atoms with van der Waals surface area (Å²) in [5.41, 5.74) is 1.16. The zero-order valence-electron chi connectivity index (χ0n) is 14.5. The first-order chi connectivity index (χ1) is 12.8. The van der Waals surface area contributed by atoms with Crippen LogP contribution in [-0.2, 0) is 16.6 Å². The van der Waals surface area contributed by atoms with E-state index in [0.29, 0.717) is 27.4 Å². The number of nitrogens with zero attached hydrogens (tertiary/aromatic N) is 2. The van der Waals surface area contributed by atoms with Gasteiger partial charge in [0, 0.05) is 12.1 Å². The Labute approximate surface area is 160 Å². The normalized spacial score (nSPS) is 12.3. The lowest BCUT2D eigenvalue weighted by atomic mass is 10.2. The van der Waals surface area contributed by atoms with Crippen molar-refractivity contribution >= 4 is 37.5 Å². The maximum absolute atomic E-state index is 12.5. The molecule has 0 atom stereocenters. The van der Waals surface area contributed by atoms with E-state index >= 15 is 0 Å². The molecule has 9 heteroatoms. The highest BCUT2D eigenvalue weighted by Gasteiger charge is 2.13. The molecule has 1 amide bonds. The van der Waals surface area contributed by atoms with E-state index in [2.05, 4.69) is 11.6 Å². The third-order valence-corrected chi connectivity index (χ3v) is 5.78. The van der Waals surface area contributed by atoms with Crippen molar-refractivity contribution in [3.05, 3.63) is 65.5 Å². The maximum atomic E-state index is 12.5. The van der Waals surface area contributed by atoms with Crippen LogP contribution < -0.4 is 14.7 Å². The van der Waals surface area contributed by atoms with Crippen LogP contribution in [0.15, 0.2) is 65.0 Å².